The van der Waals surface area contributed by atoms with Crippen molar-refractivity contribution in [3.05, 3.63) is 106 Å². The van der Waals surface area contributed by atoms with Gasteiger partial charge in [-0.1, -0.05) is 109 Å². The molecule has 0 spiro atoms. The van der Waals surface area contributed by atoms with Gasteiger partial charge in [0.2, 0.25) is 0 Å². The minimum atomic E-state index is -1.79. The molecule has 1 aliphatic carbocycles. The van der Waals surface area contributed by atoms with Gasteiger partial charge in [0.25, 0.3) is 0 Å². The SMILES string of the molecule is CC/C(Br)=C(\OC(=O)[C@]12C(=O)Oc3ccccc3[C@@H]1[C@@]2(CC)C(=O)c1ccccc1)c1ccccc1. The lowest BCUT2D eigenvalue weighted by molar-refractivity contribution is -0.158. The van der Waals surface area contributed by atoms with Gasteiger partial charge in [0, 0.05) is 27.1 Å². The second-order valence-electron chi connectivity index (χ2n) is 9.03. The van der Waals surface area contributed by atoms with Crippen molar-refractivity contribution in [2.24, 2.45) is 10.8 Å². The first kappa shape index (κ1) is 24.2. The molecule has 0 amide bonds. The van der Waals surface area contributed by atoms with Crippen LogP contribution in [0.15, 0.2) is 89.4 Å². The number of benzene rings is 3. The molecule has 1 heterocycles. The van der Waals surface area contributed by atoms with E-state index in [2.05, 4.69) is 15.9 Å². The number of ether oxygens (including phenoxy) is 2. The van der Waals surface area contributed by atoms with Crippen molar-refractivity contribution in [3.63, 3.8) is 0 Å². The Morgan fingerprint density at radius 3 is 2.08 bits per heavy atom. The zero-order valence-corrected chi connectivity index (χ0v) is 21.6. The maximum Gasteiger partial charge on any atom is 0.330 e. The molecule has 0 saturated heterocycles. The van der Waals surface area contributed by atoms with Gasteiger partial charge in [-0.05, 0) is 18.9 Å². The van der Waals surface area contributed by atoms with Gasteiger partial charge in [0.05, 0.1) is 5.41 Å². The van der Waals surface area contributed by atoms with Gasteiger partial charge in [0.15, 0.2) is 11.2 Å². The maximum absolute atomic E-state index is 14.2. The van der Waals surface area contributed by atoms with Crippen molar-refractivity contribution in [1.29, 1.82) is 0 Å². The summed E-state index contributed by atoms with van der Waals surface area (Å²) >= 11 is 3.54. The predicted molar refractivity (Wildman–Crippen MR) is 139 cm³/mol. The highest BCUT2D eigenvalue weighted by Crippen LogP contribution is 2.80. The lowest BCUT2D eigenvalue weighted by atomic mass is 9.83. The minimum Gasteiger partial charge on any atom is -0.425 e. The topological polar surface area (TPSA) is 69.7 Å². The Morgan fingerprint density at radius 1 is 0.889 bits per heavy atom. The molecular formula is C30H25BrO5. The van der Waals surface area contributed by atoms with Crippen LogP contribution in [0.5, 0.6) is 5.75 Å². The summed E-state index contributed by atoms with van der Waals surface area (Å²) in [6.45, 7) is 3.76. The third-order valence-corrected chi connectivity index (χ3v) is 8.33. The van der Waals surface area contributed by atoms with Crippen LogP contribution < -0.4 is 4.74 Å². The van der Waals surface area contributed by atoms with Crippen molar-refractivity contribution in [2.45, 2.75) is 32.6 Å². The Morgan fingerprint density at radius 2 is 1.47 bits per heavy atom. The Bertz CT molecular complexity index is 1380. The summed E-state index contributed by atoms with van der Waals surface area (Å²) in [7, 11) is 0. The summed E-state index contributed by atoms with van der Waals surface area (Å²) in [5.41, 5.74) is -1.31. The molecule has 182 valence electrons. The van der Waals surface area contributed by atoms with Crippen molar-refractivity contribution in [1.82, 2.24) is 0 Å². The van der Waals surface area contributed by atoms with E-state index in [1.807, 2.05) is 62.4 Å². The van der Waals surface area contributed by atoms with E-state index >= 15 is 0 Å². The third-order valence-electron chi connectivity index (χ3n) is 7.41. The monoisotopic (exact) mass is 544 g/mol. The van der Waals surface area contributed by atoms with Crippen LogP contribution in [0.3, 0.4) is 0 Å². The van der Waals surface area contributed by atoms with Crippen LogP contribution in [-0.4, -0.2) is 17.7 Å². The molecular weight excluding hydrogens is 520 g/mol. The molecule has 5 rings (SSSR count). The van der Waals surface area contributed by atoms with Crippen molar-refractivity contribution in [2.75, 3.05) is 0 Å². The van der Waals surface area contributed by atoms with E-state index in [1.54, 1.807) is 36.4 Å². The molecule has 1 aliphatic heterocycles. The summed E-state index contributed by atoms with van der Waals surface area (Å²) in [5.74, 6) is -1.77. The summed E-state index contributed by atoms with van der Waals surface area (Å²) in [4.78, 5) is 42.0. The minimum absolute atomic E-state index is 0.263. The molecule has 3 aromatic rings. The lowest BCUT2D eigenvalue weighted by Crippen LogP contribution is -2.40. The van der Waals surface area contributed by atoms with Crippen LogP contribution in [-0.2, 0) is 14.3 Å². The first-order chi connectivity index (χ1) is 17.4. The van der Waals surface area contributed by atoms with Gasteiger partial charge in [-0.25, -0.2) is 0 Å². The smallest absolute Gasteiger partial charge is 0.330 e. The van der Waals surface area contributed by atoms with Crippen LogP contribution in [0.25, 0.3) is 5.76 Å². The number of fused-ring (bicyclic) bond motifs is 3. The van der Waals surface area contributed by atoms with Gasteiger partial charge in [0.1, 0.15) is 11.5 Å². The van der Waals surface area contributed by atoms with Crippen LogP contribution in [0.1, 0.15) is 54.1 Å². The van der Waals surface area contributed by atoms with E-state index in [4.69, 9.17) is 9.47 Å². The Kier molecular flexibility index (Phi) is 6.17. The summed E-state index contributed by atoms with van der Waals surface area (Å²) in [6.07, 6.45) is 0.840. The van der Waals surface area contributed by atoms with Crippen molar-refractivity contribution in [3.8, 4) is 5.75 Å². The summed E-state index contributed by atoms with van der Waals surface area (Å²) in [6, 6.07) is 25.1. The molecule has 3 aromatic carbocycles. The van der Waals surface area contributed by atoms with E-state index in [1.165, 1.54) is 0 Å². The molecule has 36 heavy (non-hydrogen) atoms. The first-order valence-corrected chi connectivity index (χ1v) is 12.8. The summed E-state index contributed by atoms with van der Waals surface area (Å²) in [5, 5.41) is 0. The second kappa shape index (κ2) is 9.17. The van der Waals surface area contributed by atoms with Gasteiger partial charge in [-0.3, -0.25) is 14.4 Å². The normalized spacial score (nSPS) is 24.5. The Hall–Kier alpha value is -3.51. The fourth-order valence-electron chi connectivity index (χ4n) is 5.70. The second-order valence-corrected chi connectivity index (χ2v) is 9.99. The number of Topliss-reactive ketones (excluding diaryl/α,β-unsaturated/α-hetero) is 1. The van der Waals surface area contributed by atoms with E-state index < -0.39 is 28.7 Å². The van der Waals surface area contributed by atoms with E-state index in [-0.39, 0.29) is 12.2 Å². The predicted octanol–water partition coefficient (Wildman–Crippen LogP) is 6.69. The third kappa shape index (κ3) is 3.31. The Balaban J connectivity index is 1.67. The van der Waals surface area contributed by atoms with Gasteiger partial charge < -0.3 is 9.47 Å². The molecule has 0 N–H and O–H groups in total. The number of halogens is 1. The quantitative estimate of drug-likeness (QED) is 0.109. The average molecular weight is 545 g/mol. The van der Waals surface area contributed by atoms with Crippen LogP contribution in [0.2, 0.25) is 0 Å². The average Bonchev–Trinajstić information content (AvgIpc) is 3.58. The van der Waals surface area contributed by atoms with Gasteiger partial charge >= 0.3 is 11.9 Å². The number of rotatable bonds is 7. The molecule has 1 saturated carbocycles. The number of para-hydroxylation sites is 1. The molecule has 6 heteroatoms. The van der Waals surface area contributed by atoms with Gasteiger partial charge in [-0.15, -0.1) is 0 Å². The molecule has 5 nitrogen and oxygen atoms in total. The zero-order valence-electron chi connectivity index (χ0n) is 20.0. The van der Waals surface area contributed by atoms with Crippen LogP contribution >= 0.6 is 15.9 Å². The van der Waals surface area contributed by atoms with Crippen LogP contribution in [0, 0.1) is 10.8 Å². The molecule has 0 radical (unpaired) electrons. The van der Waals surface area contributed by atoms with Crippen LogP contribution in [0.4, 0.5) is 0 Å². The van der Waals surface area contributed by atoms with E-state index in [0.717, 1.165) is 0 Å². The number of hydrogen-bond donors (Lipinski definition) is 0. The summed E-state index contributed by atoms with van der Waals surface area (Å²) < 4.78 is 12.4. The first-order valence-electron chi connectivity index (χ1n) is 12.0. The largest absolute Gasteiger partial charge is 0.425 e. The fraction of sp³-hybridized carbons (Fsp3) is 0.233. The van der Waals surface area contributed by atoms with E-state index in [0.29, 0.717) is 39.1 Å². The van der Waals surface area contributed by atoms with Crippen molar-refractivity contribution >= 4 is 39.4 Å². The van der Waals surface area contributed by atoms with Gasteiger partial charge in [-0.2, -0.15) is 0 Å². The molecule has 2 aliphatic rings. The lowest BCUT2D eigenvalue weighted by Gasteiger charge is -2.24. The molecule has 0 unspecified atom stereocenters. The molecule has 3 atom stereocenters. The number of allylic oxidation sites excluding steroid dienone is 1. The zero-order chi connectivity index (χ0) is 25.5. The molecule has 0 bridgehead atoms. The number of hydrogen-bond acceptors (Lipinski definition) is 5. The standard InChI is InChI=1S/C30H25BrO5/c1-3-22(31)24(19-13-7-5-8-14-19)36-28(34)30-25(21-17-11-12-18-23(21)35-27(30)33)29(30,4-2)26(32)20-15-9-6-10-16-20/h5-18,25H,3-4H2,1-2H3/b24-22+/t25-,29+,30-/m1/s1. The highest BCUT2D eigenvalue weighted by Gasteiger charge is 2.90. The molecule has 0 aromatic heterocycles. The Labute approximate surface area is 218 Å². The number of esters is 2. The highest BCUT2D eigenvalue weighted by molar-refractivity contribution is 9.11. The maximum atomic E-state index is 14.2. The fourth-order valence-corrected chi connectivity index (χ4v) is 6.01. The number of carbonyl (C=O) groups is 3. The van der Waals surface area contributed by atoms with E-state index in [9.17, 15) is 14.4 Å². The number of ketones is 1. The van der Waals surface area contributed by atoms with Crippen molar-refractivity contribution < 1.29 is 23.9 Å². The molecule has 1 fully saturated rings. The number of carbonyl (C=O) groups excluding carboxylic acids is 3. The highest BCUT2D eigenvalue weighted by atomic mass is 79.9.